The van der Waals surface area contributed by atoms with Crippen LogP contribution in [0, 0.1) is 0 Å². The van der Waals surface area contributed by atoms with Gasteiger partial charge in [-0.15, -0.1) is 0 Å². The van der Waals surface area contributed by atoms with Crippen molar-refractivity contribution in [2.75, 3.05) is 25.5 Å². The van der Waals surface area contributed by atoms with Crippen molar-refractivity contribution in [3.8, 4) is 5.75 Å². The van der Waals surface area contributed by atoms with Crippen LogP contribution in [0.1, 0.15) is 25.0 Å². The Morgan fingerprint density at radius 3 is 2.36 bits per heavy atom. The van der Waals surface area contributed by atoms with E-state index >= 15 is 0 Å². The van der Waals surface area contributed by atoms with Crippen LogP contribution in [-0.4, -0.2) is 31.1 Å². The van der Waals surface area contributed by atoms with Gasteiger partial charge in [-0.3, -0.25) is 4.90 Å². The van der Waals surface area contributed by atoms with Crippen molar-refractivity contribution in [2.45, 2.75) is 26.9 Å². The maximum absolute atomic E-state index is 12.0. The van der Waals surface area contributed by atoms with Gasteiger partial charge >= 0.3 is 6.03 Å². The van der Waals surface area contributed by atoms with E-state index in [1.54, 1.807) is 13.2 Å². The summed E-state index contributed by atoms with van der Waals surface area (Å²) in [5.74, 6) is 0.710. The van der Waals surface area contributed by atoms with Crippen LogP contribution in [0.25, 0.3) is 0 Å². The molecule has 5 nitrogen and oxygen atoms in total. The molecule has 134 valence electrons. The summed E-state index contributed by atoms with van der Waals surface area (Å²) < 4.78 is 5.15. The van der Waals surface area contributed by atoms with Crippen LogP contribution in [0.2, 0.25) is 0 Å². The average Bonchev–Trinajstić information content (AvgIpc) is 2.65. The summed E-state index contributed by atoms with van der Waals surface area (Å²) in [4.78, 5) is 14.4. The van der Waals surface area contributed by atoms with Gasteiger partial charge in [0.05, 0.1) is 7.11 Å². The number of nitrogens with zero attached hydrogens (tertiary/aromatic N) is 1. The van der Waals surface area contributed by atoms with Gasteiger partial charge in [0.1, 0.15) is 5.75 Å². The highest BCUT2D eigenvalue weighted by molar-refractivity contribution is 5.89. The van der Waals surface area contributed by atoms with E-state index in [1.165, 1.54) is 5.56 Å². The fourth-order valence-electron chi connectivity index (χ4n) is 2.53. The van der Waals surface area contributed by atoms with Crippen LogP contribution >= 0.6 is 0 Å². The van der Waals surface area contributed by atoms with Crippen molar-refractivity contribution >= 4 is 11.7 Å². The van der Waals surface area contributed by atoms with Gasteiger partial charge in [-0.25, -0.2) is 4.79 Å². The number of carbonyl (C=O) groups excluding carboxylic acids is 1. The maximum atomic E-state index is 12.0. The minimum absolute atomic E-state index is 0.236. The lowest BCUT2D eigenvalue weighted by Crippen LogP contribution is -2.28. The number of hydrogen-bond donors (Lipinski definition) is 2. The van der Waals surface area contributed by atoms with Gasteiger partial charge in [0.2, 0.25) is 0 Å². The first-order valence-electron chi connectivity index (χ1n) is 8.63. The predicted octanol–water partition coefficient (Wildman–Crippen LogP) is 3.86. The summed E-state index contributed by atoms with van der Waals surface area (Å²) >= 11 is 0. The average molecular weight is 341 g/mol. The van der Waals surface area contributed by atoms with Gasteiger partial charge in [0.25, 0.3) is 0 Å². The minimum atomic E-state index is -0.236. The highest BCUT2D eigenvalue weighted by Crippen LogP contribution is 2.16. The molecule has 0 atom stereocenters. The van der Waals surface area contributed by atoms with Crippen LogP contribution in [0.3, 0.4) is 0 Å². The monoisotopic (exact) mass is 341 g/mol. The molecule has 0 heterocycles. The Hall–Kier alpha value is -2.53. The normalized spacial score (nSPS) is 10.6. The van der Waals surface area contributed by atoms with Crippen LogP contribution in [0.4, 0.5) is 10.5 Å². The summed E-state index contributed by atoms with van der Waals surface area (Å²) in [7, 11) is 1.60. The van der Waals surface area contributed by atoms with E-state index in [0.29, 0.717) is 18.0 Å². The van der Waals surface area contributed by atoms with Crippen molar-refractivity contribution in [1.82, 2.24) is 10.2 Å². The van der Waals surface area contributed by atoms with E-state index in [4.69, 9.17) is 4.74 Å². The standard InChI is InChI=1S/C20H27N3O2/c1-4-23(5-2)15-17-11-9-16(10-12-17)14-21-20(24)22-18-7-6-8-19(13-18)25-3/h6-13H,4-5,14-15H2,1-3H3,(H2,21,22,24). The fraction of sp³-hybridized carbons (Fsp3) is 0.350. The van der Waals surface area contributed by atoms with Gasteiger partial charge in [0.15, 0.2) is 0 Å². The molecule has 0 saturated carbocycles. The molecule has 0 aliphatic carbocycles. The SMILES string of the molecule is CCN(CC)Cc1ccc(CNC(=O)Nc2cccc(OC)c2)cc1. The number of ether oxygens (including phenoxy) is 1. The van der Waals surface area contributed by atoms with Gasteiger partial charge < -0.3 is 15.4 Å². The van der Waals surface area contributed by atoms with Crippen molar-refractivity contribution in [3.05, 3.63) is 59.7 Å². The summed E-state index contributed by atoms with van der Waals surface area (Å²) in [5, 5.41) is 5.67. The van der Waals surface area contributed by atoms with Crippen molar-refractivity contribution < 1.29 is 9.53 Å². The fourth-order valence-corrected chi connectivity index (χ4v) is 2.53. The van der Waals surface area contributed by atoms with Crippen molar-refractivity contribution in [3.63, 3.8) is 0 Å². The Balaban J connectivity index is 1.83. The largest absolute Gasteiger partial charge is 0.497 e. The van der Waals surface area contributed by atoms with Gasteiger partial charge in [-0.05, 0) is 36.3 Å². The second kappa shape index (κ2) is 9.69. The Morgan fingerprint density at radius 2 is 1.72 bits per heavy atom. The summed E-state index contributed by atoms with van der Waals surface area (Å²) in [6.07, 6.45) is 0. The van der Waals surface area contributed by atoms with Gasteiger partial charge in [-0.2, -0.15) is 0 Å². The minimum Gasteiger partial charge on any atom is -0.497 e. The molecule has 2 aromatic carbocycles. The number of rotatable bonds is 8. The molecule has 2 amide bonds. The lowest BCUT2D eigenvalue weighted by Gasteiger charge is -2.18. The van der Waals surface area contributed by atoms with E-state index in [0.717, 1.165) is 25.2 Å². The molecule has 0 aliphatic heterocycles. The van der Waals surface area contributed by atoms with Gasteiger partial charge in [0, 0.05) is 24.8 Å². The Kier molecular flexibility index (Phi) is 7.29. The number of amides is 2. The quantitative estimate of drug-likeness (QED) is 0.766. The molecule has 0 saturated heterocycles. The zero-order valence-corrected chi connectivity index (χ0v) is 15.2. The molecule has 2 aromatic rings. The number of urea groups is 1. The van der Waals surface area contributed by atoms with Crippen LogP contribution < -0.4 is 15.4 Å². The third-order valence-electron chi connectivity index (χ3n) is 4.10. The molecule has 5 heteroatoms. The zero-order chi connectivity index (χ0) is 18.1. The van der Waals surface area contributed by atoms with E-state index in [9.17, 15) is 4.79 Å². The molecule has 0 unspecified atom stereocenters. The second-order valence-corrected chi connectivity index (χ2v) is 5.82. The van der Waals surface area contributed by atoms with E-state index < -0.39 is 0 Å². The summed E-state index contributed by atoms with van der Waals surface area (Å²) in [6.45, 7) is 7.87. The van der Waals surface area contributed by atoms with Crippen molar-refractivity contribution in [2.24, 2.45) is 0 Å². The summed E-state index contributed by atoms with van der Waals surface area (Å²) in [5.41, 5.74) is 3.06. The highest BCUT2D eigenvalue weighted by Gasteiger charge is 2.04. The number of anilines is 1. The highest BCUT2D eigenvalue weighted by atomic mass is 16.5. The Morgan fingerprint density at radius 1 is 1.04 bits per heavy atom. The molecule has 0 spiro atoms. The molecule has 2 rings (SSSR count). The predicted molar refractivity (Wildman–Crippen MR) is 102 cm³/mol. The molecular formula is C20H27N3O2. The number of nitrogens with one attached hydrogen (secondary N) is 2. The molecule has 0 fully saturated rings. The second-order valence-electron chi connectivity index (χ2n) is 5.82. The van der Waals surface area contributed by atoms with Gasteiger partial charge in [-0.1, -0.05) is 44.2 Å². The number of methoxy groups -OCH3 is 1. The third kappa shape index (κ3) is 6.12. The molecule has 25 heavy (non-hydrogen) atoms. The molecule has 0 radical (unpaired) electrons. The number of carbonyl (C=O) groups is 1. The first-order valence-corrected chi connectivity index (χ1v) is 8.63. The van der Waals surface area contributed by atoms with Crippen molar-refractivity contribution in [1.29, 1.82) is 0 Å². The maximum Gasteiger partial charge on any atom is 0.319 e. The number of hydrogen-bond acceptors (Lipinski definition) is 3. The Labute approximate surface area is 150 Å². The first kappa shape index (κ1) is 18.8. The zero-order valence-electron chi connectivity index (χ0n) is 15.2. The lowest BCUT2D eigenvalue weighted by atomic mass is 10.1. The van der Waals surface area contributed by atoms with E-state index in [-0.39, 0.29) is 6.03 Å². The Bertz CT molecular complexity index is 667. The molecule has 0 bridgehead atoms. The van der Waals surface area contributed by atoms with E-state index in [2.05, 4.69) is 53.6 Å². The first-order chi connectivity index (χ1) is 12.1. The third-order valence-corrected chi connectivity index (χ3v) is 4.10. The molecule has 0 aliphatic rings. The van der Waals surface area contributed by atoms with Crippen LogP contribution in [-0.2, 0) is 13.1 Å². The summed E-state index contributed by atoms with van der Waals surface area (Å²) in [6, 6.07) is 15.4. The lowest BCUT2D eigenvalue weighted by molar-refractivity contribution is 0.251. The van der Waals surface area contributed by atoms with Crippen LogP contribution in [0.5, 0.6) is 5.75 Å². The number of benzene rings is 2. The molecule has 0 aromatic heterocycles. The smallest absolute Gasteiger partial charge is 0.319 e. The topological polar surface area (TPSA) is 53.6 Å². The molecule has 2 N–H and O–H groups in total. The van der Waals surface area contributed by atoms with Crippen LogP contribution in [0.15, 0.2) is 48.5 Å². The molecular weight excluding hydrogens is 314 g/mol. The van der Waals surface area contributed by atoms with E-state index in [1.807, 2.05) is 18.2 Å².